The number of nitriles is 1. The molecule has 108 valence electrons. The van der Waals surface area contributed by atoms with Gasteiger partial charge in [0, 0.05) is 31.7 Å². The van der Waals surface area contributed by atoms with Gasteiger partial charge in [-0.3, -0.25) is 4.79 Å². The van der Waals surface area contributed by atoms with Crippen LogP contribution in [0.15, 0.2) is 41.5 Å². The van der Waals surface area contributed by atoms with Gasteiger partial charge in [-0.2, -0.15) is 5.26 Å². The number of nitrogens with zero attached hydrogens (tertiary/aromatic N) is 4. The lowest BCUT2D eigenvalue weighted by molar-refractivity contribution is 0.509. The zero-order valence-electron chi connectivity index (χ0n) is 12.4. The van der Waals surface area contributed by atoms with Crippen LogP contribution in [-0.4, -0.2) is 16.6 Å². The number of aromatic nitrogens is 2. The van der Waals surface area contributed by atoms with E-state index >= 15 is 0 Å². The highest BCUT2D eigenvalue weighted by atomic mass is 16.1. The molecule has 1 aromatic heterocycles. The molecule has 2 rings (SSSR count). The Morgan fingerprint density at radius 3 is 2.86 bits per heavy atom. The summed E-state index contributed by atoms with van der Waals surface area (Å²) in [6.45, 7) is 4.78. The van der Waals surface area contributed by atoms with Gasteiger partial charge < -0.3 is 9.47 Å². The van der Waals surface area contributed by atoms with E-state index < -0.39 is 0 Å². The highest BCUT2D eigenvalue weighted by Crippen LogP contribution is 2.19. The molecule has 0 amide bonds. The van der Waals surface area contributed by atoms with Gasteiger partial charge in [0.2, 0.25) is 0 Å². The molecule has 0 saturated carbocycles. The Bertz CT molecular complexity index is 728. The van der Waals surface area contributed by atoms with Crippen molar-refractivity contribution in [2.75, 3.05) is 11.9 Å². The Labute approximate surface area is 124 Å². The average molecular weight is 282 g/mol. The maximum Gasteiger partial charge on any atom is 0.293 e. The van der Waals surface area contributed by atoms with Crippen LogP contribution in [0.5, 0.6) is 0 Å². The van der Waals surface area contributed by atoms with Crippen molar-refractivity contribution >= 4 is 11.5 Å². The molecule has 0 atom stereocenters. The Morgan fingerprint density at radius 1 is 1.43 bits per heavy atom. The van der Waals surface area contributed by atoms with E-state index in [1.54, 1.807) is 47.1 Å². The van der Waals surface area contributed by atoms with E-state index in [1.165, 1.54) is 0 Å². The molecule has 0 saturated heterocycles. The highest BCUT2D eigenvalue weighted by molar-refractivity contribution is 5.60. The first kappa shape index (κ1) is 14.8. The quantitative estimate of drug-likeness (QED) is 0.864. The van der Waals surface area contributed by atoms with Gasteiger partial charge in [-0.25, -0.2) is 4.98 Å². The summed E-state index contributed by atoms with van der Waals surface area (Å²) in [5.74, 6) is 0.735. The average Bonchev–Trinajstić information content (AvgIpc) is 2.48. The summed E-state index contributed by atoms with van der Waals surface area (Å²) in [4.78, 5) is 18.4. The van der Waals surface area contributed by atoms with Crippen molar-refractivity contribution < 1.29 is 0 Å². The third kappa shape index (κ3) is 3.29. The van der Waals surface area contributed by atoms with E-state index in [4.69, 9.17) is 5.26 Å². The molecular formula is C16H18N4O. The van der Waals surface area contributed by atoms with Gasteiger partial charge in [0.15, 0.2) is 5.82 Å². The molecule has 0 aliphatic carbocycles. The lowest BCUT2D eigenvalue weighted by atomic mass is 10.2. The molecule has 0 fully saturated rings. The second-order valence-electron chi connectivity index (χ2n) is 5.32. The normalized spacial score (nSPS) is 10.4. The molecule has 0 spiro atoms. The number of hydrogen-bond donors (Lipinski definition) is 0. The Kier molecular flexibility index (Phi) is 4.39. The van der Waals surface area contributed by atoms with Crippen LogP contribution in [0.4, 0.5) is 11.5 Å². The van der Waals surface area contributed by atoms with E-state index in [9.17, 15) is 4.79 Å². The fraction of sp³-hybridized carbons (Fsp3) is 0.312. The van der Waals surface area contributed by atoms with Crippen LogP contribution in [0.1, 0.15) is 19.4 Å². The molecule has 0 aliphatic heterocycles. The zero-order chi connectivity index (χ0) is 15.4. The minimum Gasteiger partial charge on any atom is -0.325 e. The van der Waals surface area contributed by atoms with Crippen molar-refractivity contribution in [3.8, 4) is 6.07 Å². The summed E-state index contributed by atoms with van der Waals surface area (Å²) < 4.78 is 1.66. The maximum absolute atomic E-state index is 12.5. The molecule has 0 bridgehead atoms. The van der Waals surface area contributed by atoms with E-state index in [1.807, 2.05) is 6.07 Å². The molecule has 5 nitrogen and oxygen atoms in total. The first-order valence-corrected chi connectivity index (χ1v) is 6.82. The molecule has 0 N–H and O–H groups in total. The summed E-state index contributed by atoms with van der Waals surface area (Å²) in [5, 5.41) is 8.96. The number of anilines is 2. The molecule has 1 heterocycles. The van der Waals surface area contributed by atoms with Gasteiger partial charge in [0.1, 0.15) is 0 Å². The molecule has 0 unspecified atom stereocenters. The van der Waals surface area contributed by atoms with Crippen LogP contribution in [0, 0.1) is 17.2 Å². The SMILES string of the molecule is CC(C)Cn1ccnc(N(C)c2cccc(C#N)c2)c1=O. The maximum atomic E-state index is 12.5. The van der Waals surface area contributed by atoms with Gasteiger partial charge in [-0.1, -0.05) is 19.9 Å². The van der Waals surface area contributed by atoms with Gasteiger partial charge in [0.05, 0.1) is 11.6 Å². The van der Waals surface area contributed by atoms with Gasteiger partial charge in [-0.15, -0.1) is 0 Å². The summed E-state index contributed by atoms with van der Waals surface area (Å²) in [7, 11) is 1.78. The fourth-order valence-corrected chi connectivity index (χ4v) is 2.11. The monoisotopic (exact) mass is 282 g/mol. The number of rotatable bonds is 4. The van der Waals surface area contributed by atoms with Crippen molar-refractivity contribution in [1.82, 2.24) is 9.55 Å². The predicted molar refractivity (Wildman–Crippen MR) is 82.6 cm³/mol. The van der Waals surface area contributed by atoms with Crippen LogP contribution in [0.25, 0.3) is 0 Å². The van der Waals surface area contributed by atoms with E-state index in [2.05, 4.69) is 24.9 Å². The predicted octanol–water partition coefficient (Wildman–Crippen LogP) is 2.54. The van der Waals surface area contributed by atoms with Crippen LogP contribution >= 0.6 is 0 Å². The lowest BCUT2D eigenvalue weighted by Crippen LogP contribution is -2.29. The van der Waals surface area contributed by atoms with Gasteiger partial charge in [0.25, 0.3) is 5.56 Å². The fourth-order valence-electron chi connectivity index (χ4n) is 2.11. The van der Waals surface area contributed by atoms with Crippen molar-refractivity contribution in [1.29, 1.82) is 5.26 Å². The molecule has 2 aromatic rings. The third-order valence-corrected chi connectivity index (χ3v) is 3.14. The molecule has 21 heavy (non-hydrogen) atoms. The van der Waals surface area contributed by atoms with Crippen LogP contribution in [0.2, 0.25) is 0 Å². The molecule has 0 aliphatic rings. The standard InChI is InChI=1S/C16H18N4O/c1-12(2)11-20-8-7-18-15(16(20)21)19(3)14-6-4-5-13(9-14)10-17/h4-9,12H,11H2,1-3H3. The second-order valence-corrected chi connectivity index (χ2v) is 5.32. The van der Waals surface area contributed by atoms with Crippen LogP contribution in [0.3, 0.4) is 0 Å². The van der Waals surface area contributed by atoms with Crippen molar-refractivity contribution in [2.24, 2.45) is 5.92 Å². The van der Waals surface area contributed by atoms with E-state index in [-0.39, 0.29) is 5.56 Å². The Morgan fingerprint density at radius 2 is 2.19 bits per heavy atom. The lowest BCUT2D eigenvalue weighted by Gasteiger charge is -2.19. The zero-order valence-corrected chi connectivity index (χ0v) is 12.4. The van der Waals surface area contributed by atoms with Crippen molar-refractivity contribution in [2.45, 2.75) is 20.4 Å². The minimum atomic E-state index is -0.129. The summed E-state index contributed by atoms with van der Waals surface area (Å²) in [6.07, 6.45) is 3.33. The summed E-state index contributed by atoms with van der Waals surface area (Å²) >= 11 is 0. The first-order valence-electron chi connectivity index (χ1n) is 6.82. The summed E-state index contributed by atoms with van der Waals surface area (Å²) in [5.41, 5.74) is 1.19. The number of benzene rings is 1. The van der Waals surface area contributed by atoms with Crippen LogP contribution in [-0.2, 0) is 6.54 Å². The molecule has 5 heteroatoms. The first-order chi connectivity index (χ1) is 10.0. The Hall–Kier alpha value is -2.61. The number of hydrogen-bond acceptors (Lipinski definition) is 4. The van der Waals surface area contributed by atoms with E-state index in [0.717, 1.165) is 5.69 Å². The highest BCUT2D eigenvalue weighted by Gasteiger charge is 2.12. The van der Waals surface area contributed by atoms with Crippen molar-refractivity contribution in [3.63, 3.8) is 0 Å². The molecule has 0 radical (unpaired) electrons. The van der Waals surface area contributed by atoms with Gasteiger partial charge >= 0.3 is 0 Å². The largest absolute Gasteiger partial charge is 0.325 e. The summed E-state index contributed by atoms with van der Waals surface area (Å²) in [6, 6.07) is 9.20. The van der Waals surface area contributed by atoms with E-state index in [0.29, 0.717) is 23.8 Å². The Balaban J connectivity index is 2.42. The van der Waals surface area contributed by atoms with Crippen molar-refractivity contribution in [3.05, 3.63) is 52.6 Å². The van der Waals surface area contributed by atoms with Crippen LogP contribution < -0.4 is 10.5 Å². The van der Waals surface area contributed by atoms with Gasteiger partial charge in [-0.05, 0) is 24.1 Å². The third-order valence-electron chi connectivity index (χ3n) is 3.14. The topological polar surface area (TPSA) is 61.9 Å². The minimum absolute atomic E-state index is 0.129. The second kappa shape index (κ2) is 6.23. The molecular weight excluding hydrogens is 264 g/mol. The smallest absolute Gasteiger partial charge is 0.293 e. The molecule has 1 aromatic carbocycles.